The molecular formula is C18H23ClN2O2. The van der Waals surface area contributed by atoms with Crippen LogP contribution in [0.15, 0.2) is 22.6 Å². The predicted molar refractivity (Wildman–Crippen MR) is 91.6 cm³/mol. The summed E-state index contributed by atoms with van der Waals surface area (Å²) in [5.74, 6) is 1.24. The van der Waals surface area contributed by atoms with Crippen molar-refractivity contribution < 1.29 is 9.21 Å². The summed E-state index contributed by atoms with van der Waals surface area (Å²) in [4.78, 5) is 16.7. The smallest absolute Gasteiger partial charge is 0.225 e. The fourth-order valence-corrected chi connectivity index (χ4v) is 3.15. The second-order valence-corrected chi connectivity index (χ2v) is 7.87. The summed E-state index contributed by atoms with van der Waals surface area (Å²) >= 11 is 6.00. The monoisotopic (exact) mass is 334 g/mol. The van der Waals surface area contributed by atoms with Gasteiger partial charge in [0.05, 0.1) is 0 Å². The first kappa shape index (κ1) is 16.3. The molecule has 0 atom stereocenters. The van der Waals surface area contributed by atoms with Gasteiger partial charge in [-0.1, -0.05) is 32.4 Å². The lowest BCUT2D eigenvalue weighted by atomic mass is 9.85. The lowest BCUT2D eigenvalue weighted by molar-refractivity contribution is -0.129. The molecule has 3 rings (SSSR count). The Balaban J connectivity index is 1.63. The molecule has 0 spiro atoms. The lowest BCUT2D eigenvalue weighted by Crippen LogP contribution is -2.43. The summed E-state index contributed by atoms with van der Waals surface area (Å²) < 4.78 is 5.88. The van der Waals surface area contributed by atoms with Crippen LogP contribution >= 0.6 is 11.6 Å². The normalized spacial score (nSPS) is 22.3. The Hall–Kier alpha value is -1.55. The van der Waals surface area contributed by atoms with E-state index in [0.717, 1.165) is 42.7 Å². The number of hydrogen-bond acceptors (Lipinski definition) is 3. The number of benzene rings is 1. The van der Waals surface area contributed by atoms with E-state index in [1.807, 2.05) is 39.0 Å². The fourth-order valence-electron chi connectivity index (χ4n) is 2.98. The minimum absolute atomic E-state index is 0.123. The molecule has 0 bridgehead atoms. The van der Waals surface area contributed by atoms with Crippen molar-refractivity contribution in [3.05, 3.63) is 29.1 Å². The maximum Gasteiger partial charge on any atom is 0.225 e. The van der Waals surface area contributed by atoms with E-state index in [2.05, 4.69) is 10.3 Å². The number of hydrogen-bond donors (Lipinski definition) is 1. The van der Waals surface area contributed by atoms with Crippen LogP contribution in [-0.2, 0) is 4.79 Å². The molecule has 5 heteroatoms. The van der Waals surface area contributed by atoms with Gasteiger partial charge in [0, 0.05) is 22.4 Å². The first-order valence-electron chi connectivity index (χ1n) is 8.20. The largest absolute Gasteiger partial charge is 0.440 e. The number of nitrogens with zero attached hydrogens (tertiary/aromatic N) is 1. The minimum Gasteiger partial charge on any atom is -0.440 e. The number of fused-ring (bicyclic) bond motifs is 1. The molecule has 1 aliphatic rings. The zero-order valence-corrected chi connectivity index (χ0v) is 14.6. The maximum absolute atomic E-state index is 12.1. The molecule has 23 heavy (non-hydrogen) atoms. The minimum atomic E-state index is -0.337. The second-order valence-electron chi connectivity index (χ2n) is 7.44. The van der Waals surface area contributed by atoms with Crippen molar-refractivity contribution in [1.82, 2.24) is 10.3 Å². The van der Waals surface area contributed by atoms with Gasteiger partial charge in [-0.2, -0.15) is 0 Å². The Morgan fingerprint density at radius 3 is 2.61 bits per heavy atom. The summed E-state index contributed by atoms with van der Waals surface area (Å²) in [6, 6.07) is 5.78. The van der Waals surface area contributed by atoms with Gasteiger partial charge in [0.2, 0.25) is 5.91 Å². The third-order valence-electron chi connectivity index (χ3n) is 4.46. The number of aromatic nitrogens is 1. The van der Waals surface area contributed by atoms with Crippen molar-refractivity contribution in [1.29, 1.82) is 0 Å². The van der Waals surface area contributed by atoms with E-state index in [-0.39, 0.29) is 17.4 Å². The van der Waals surface area contributed by atoms with Gasteiger partial charge in [0.25, 0.3) is 0 Å². The molecular weight excluding hydrogens is 312 g/mol. The Morgan fingerprint density at radius 1 is 1.26 bits per heavy atom. The maximum atomic E-state index is 12.1. The summed E-state index contributed by atoms with van der Waals surface area (Å²) in [6.45, 7) is 5.83. The first-order chi connectivity index (χ1) is 10.8. The average Bonchev–Trinajstić information content (AvgIpc) is 2.90. The highest BCUT2D eigenvalue weighted by Gasteiger charge is 2.29. The molecule has 1 saturated carbocycles. The van der Waals surface area contributed by atoms with Gasteiger partial charge >= 0.3 is 0 Å². The molecule has 1 aliphatic carbocycles. The van der Waals surface area contributed by atoms with Crippen LogP contribution in [0.2, 0.25) is 5.02 Å². The highest BCUT2D eigenvalue weighted by Crippen LogP contribution is 2.34. The molecule has 124 valence electrons. The molecule has 1 fully saturated rings. The summed E-state index contributed by atoms with van der Waals surface area (Å²) in [5, 5.41) is 3.83. The zero-order valence-electron chi connectivity index (χ0n) is 13.9. The number of rotatable bonds is 2. The van der Waals surface area contributed by atoms with Gasteiger partial charge in [-0.15, -0.1) is 0 Å². The van der Waals surface area contributed by atoms with Crippen LogP contribution in [0.25, 0.3) is 11.1 Å². The number of oxazole rings is 1. The van der Waals surface area contributed by atoms with Gasteiger partial charge < -0.3 is 9.73 Å². The van der Waals surface area contributed by atoms with Crippen molar-refractivity contribution in [2.24, 2.45) is 5.41 Å². The van der Waals surface area contributed by atoms with E-state index in [1.54, 1.807) is 0 Å². The molecule has 1 N–H and O–H groups in total. The molecule has 1 aromatic carbocycles. The zero-order chi connectivity index (χ0) is 16.6. The van der Waals surface area contributed by atoms with Crippen LogP contribution in [0.4, 0.5) is 0 Å². The highest BCUT2D eigenvalue weighted by molar-refractivity contribution is 6.31. The standard InChI is InChI=1S/C18H23ClN2O2/c1-18(2,3)17(22)20-13-7-4-11(5-8-13)16-21-14-10-12(19)6-9-15(14)23-16/h6,9-11,13H,4-5,7-8H2,1-3H3,(H,20,22). The molecule has 0 unspecified atom stereocenters. The van der Waals surface area contributed by atoms with E-state index in [4.69, 9.17) is 16.0 Å². The van der Waals surface area contributed by atoms with Gasteiger partial charge in [-0.3, -0.25) is 4.79 Å². The van der Waals surface area contributed by atoms with Crippen LogP contribution in [0.5, 0.6) is 0 Å². The molecule has 0 aliphatic heterocycles. The third kappa shape index (κ3) is 3.69. The topological polar surface area (TPSA) is 55.1 Å². The van der Waals surface area contributed by atoms with Crippen LogP contribution in [0, 0.1) is 5.41 Å². The number of carbonyl (C=O) groups is 1. The number of nitrogens with one attached hydrogen (secondary N) is 1. The van der Waals surface area contributed by atoms with E-state index in [1.165, 1.54) is 0 Å². The number of halogens is 1. The van der Waals surface area contributed by atoms with Crippen LogP contribution in [-0.4, -0.2) is 16.9 Å². The number of carbonyl (C=O) groups excluding carboxylic acids is 1. The molecule has 0 radical (unpaired) electrons. The number of amides is 1. The third-order valence-corrected chi connectivity index (χ3v) is 4.69. The Kier molecular flexibility index (Phi) is 4.37. The SMILES string of the molecule is CC(C)(C)C(=O)NC1CCC(c2nc3cc(Cl)ccc3o2)CC1. The summed E-state index contributed by atoms with van der Waals surface area (Å²) in [5.41, 5.74) is 1.26. The quantitative estimate of drug-likeness (QED) is 0.868. The van der Waals surface area contributed by atoms with Crippen molar-refractivity contribution in [3.8, 4) is 0 Å². The molecule has 1 heterocycles. The van der Waals surface area contributed by atoms with Crippen LogP contribution < -0.4 is 5.32 Å². The van der Waals surface area contributed by atoms with Gasteiger partial charge in [-0.25, -0.2) is 4.98 Å². The van der Waals surface area contributed by atoms with Crippen molar-refractivity contribution in [2.45, 2.75) is 58.4 Å². The van der Waals surface area contributed by atoms with E-state index in [9.17, 15) is 4.79 Å². The average molecular weight is 335 g/mol. The van der Waals surface area contributed by atoms with Crippen LogP contribution in [0.3, 0.4) is 0 Å². The fraction of sp³-hybridized carbons (Fsp3) is 0.556. The predicted octanol–water partition coefficient (Wildman–Crippen LogP) is 4.67. The Bertz CT molecular complexity index is 709. The van der Waals surface area contributed by atoms with Crippen molar-refractivity contribution >= 4 is 28.6 Å². The molecule has 2 aromatic rings. The van der Waals surface area contributed by atoms with E-state index >= 15 is 0 Å². The van der Waals surface area contributed by atoms with Gasteiger partial charge in [0.1, 0.15) is 5.52 Å². The Labute approximate surface area is 141 Å². The van der Waals surface area contributed by atoms with Crippen molar-refractivity contribution in [2.75, 3.05) is 0 Å². The summed E-state index contributed by atoms with van der Waals surface area (Å²) in [7, 11) is 0. The lowest BCUT2D eigenvalue weighted by Gasteiger charge is -2.30. The highest BCUT2D eigenvalue weighted by atomic mass is 35.5. The molecule has 1 aromatic heterocycles. The van der Waals surface area contributed by atoms with Crippen LogP contribution in [0.1, 0.15) is 58.3 Å². The second kappa shape index (κ2) is 6.16. The van der Waals surface area contributed by atoms with Gasteiger partial charge in [0.15, 0.2) is 11.5 Å². The van der Waals surface area contributed by atoms with E-state index in [0.29, 0.717) is 10.9 Å². The Morgan fingerprint density at radius 2 is 1.96 bits per heavy atom. The van der Waals surface area contributed by atoms with Gasteiger partial charge in [-0.05, 0) is 43.9 Å². The van der Waals surface area contributed by atoms with Crippen molar-refractivity contribution in [3.63, 3.8) is 0 Å². The first-order valence-corrected chi connectivity index (χ1v) is 8.57. The summed E-state index contributed by atoms with van der Waals surface area (Å²) in [6.07, 6.45) is 3.89. The van der Waals surface area contributed by atoms with E-state index < -0.39 is 0 Å². The molecule has 1 amide bonds. The molecule has 4 nitrogen and oxygen atoms in total. The molecule has 0 saturated heterocycles.